The fraction of sp³-hybridized carbons (Fsp3) is 0.533. The summed E-state index contributed by atoms with van der Waals surface area (Å²) in [7, 11) is 0. The van der Waals surface area contributed by atoms with Gasteiger partial charge < -0.3 is 4.57 Å². The molecule has 1 aromatic carbocycles. The molecule has 0 saturated carbocycles. The summed E-state index contributed by atoms with van der Waals surface area (Å²) in [6, 6.07) is 3.74. The minimum Gasteiger partial charge on any atom is -0.322 e. The van der Waals surface area contributed by atoms with Gasteiger partial charge in [-0.3, -0.25) is 0 Å². The van der Waals surface area contributed by atoms with Gasteiger partial charge in [0.25, 0.3) is 0 Å². The summed E-state index contributed by atoms with van der Waals surface area (Å²) in [5.41, 5.74) is 1.92. The number of benzene rings is 1. The predicted octanol–water partition coefficient (Wildman–Crippen LogP) is 5.66. The highest BCUT2D eigenvalue weighted by Gasteiger charge is 2.27. The maximum absolute atomic E-state index is 6.18. The van der Waals surface area contributed by atoms with Crippen molar-refractivity contribution in [1.29, 1.82) is 0 Å². The summed E-state index contributed by atoms with van der Waals surface area (Å²) in [6.45, 7) is 6.63. The van der Waals surface area contributed by atoms with Gasteiger partial charge in [0, 0.05) is 17.8 Å². The lowest BCUT2D eigenvalue weighted by molar-refractivity contribution is 0.294. The van der Waals surface area contributed by atoms with E-state index in [4.69, 9.17) is 39.8 Å². The first-order valence-corrected chi connectivity index (χ1v) is 8.18. The van der Waals surface area contributed by atoms with E-state index in [0.717, 1.165) is 36.1 Å². The van der Waals surface area contributed by atoms with Crippen molar-refractivity contribution in [3.8, 4) is 0 Å². The molecular weight excluding hydrogens is 315 g/mol. The van der Waals surface area contributed by atoms with Crippen LogP contribution in [0.4, 0.5) is 0 Å². The quantitative estimate of drug-likeness (QED) is 0.645. The van der Waals surface area contributed by atoms with Crippen molar-refractivity contribution in [2.75, 3.05) is 5.88 Å². The Morgan fingerprint density at radius 3 is 2.30 bits per heavy atom. The Hall–Kier alpha value is -0.440. The summed E-state index contributed by atoms with van der Waals surface area (Å²) in [6.07, 6.45) is 2.77. The predicted molar refractivity (Wildman–Crippen MR) is 88.4 cm³/mol. The summed E-state index contributed by atoms with van der Waals surface area (Å²) < 4.78 is 2.28. The molecule has 1 aromatic heterocycles. The van der Waals surface area contributed by atoms with Gasteiger partial charge in [0.1, 0.15) is 5.82 Å². The normalized spacial score (nSPS) is 12.3. The molecule has 0 aliphatic rings. The number of imidazole rings is 1. The molecule has 0 spiro atoms. The molecule has 0 aliphatic heterocycles. The summed E-state index contributed by atoms with van der Waals surface area (Å²) in [4.78, 5) is 4.70. The lowest BCUT2D eigenvalue weighted by Gasteiger charge is -2.31. The first kappa shape index (κ1) is 15.9. The van der Waals surface area contributed by atoms with Crippen LogP contribution in [0.5, 0.6) is 0 Å². The zero-order chi connectivity index (χ0) is 14.9. The van der Waals surface area contributed by atoms with Crippen LogP contribution in [0.1, 0.15) is 39.4 Å². The van der Waals surface area contributed by atoms with Crippen LogP contribution in [0, 0.1) is 0 Å². The third-order valence-corrected chi connectivity index (χ3v) is 5.06. The molecule has 2 nitrogen and oxygen atoms in total. The highest BCUT2D eigenvalue weighted by Crippen LogP contribution is 2.35. The number of fused-ring (bicyclic) bond motifs is 1. The van der Waals surface area contributed by atoms with E-state index in [2.05, 4.69) is 25.3 Å². The molecule has 0 aliphatic carbocycles. The van der Waals surface area contributed by atoms with Crippen LogP contribution in [0.3, 0.4) is 0 Å². The van der Waals surface area contributed by atoms with Gasteiger partial charge >= 0.3 is 0 Å². The van der Waals surface area contributed by atoms with E-state index in [1.54, 1.807) is 0 Å². The molecule has 0 amide bonds. The van der Waals surface area contributed by atoms with Gasteiger partial charge in [0.05, 0.1) is 21.1 Å². The zero-order valence-corrected chi connectivity index (χ0v) is 14.3. The van der Waals surface area contributed by atoms with Gasteiger partial charge in [-0.2, -0.15) is 0 Å². The monoisotopic (exact) mass is 332 g/mol. The van der Waals surface area contributed by atoms with Gasteiger partial charge in [-0.1, -0.05) is 37.0 Å². The van der Waals surface area contributed by atoms with Gasteiger partial charge in [-0.25, -0.2) is 4.98 Å². The van der Waals surface area contributed by atoms with Crippen molar-refractivity contribution < 1.29 is 0 Å². The van der Waals surface area contributed by atoms with Crippen molar-refractivity contribution in [2.24, 2.45) is 0 Å². The van der Waals surface area contributed by atoms with E-state index >= 15 is 0 Å². The Balaban J connectivity index is 2.77. The Bertz CT molecular complexity index is 615. The van der Waals surface area contributed by atoms with Crippen molar-refractivity contribution >= 4 is 45.8 Å². The van der Waals surface area contributed by atoms with Gasteiger partial charge in [-0.05, 0) is 31.9 Å². The average Bonchev–Trinajstić information content (AvgIpc) is 2.77. The van der Waals surface area contributed by atoms with Crippen LogP contribution in [0.25, 0.3) is 11.0 Å². The number of aromatic nitrogens is 2. The molecule has 2 rings (SSSR count). The van der Waals surface area contributed by atoms with Crippen LogP contribution in [0.2, 0.25) is 10.0 Å². The van der Waals surface area contributed by atoms with Gasteiger partial charge in [-0.15, -0.1) is 11.6 Å². The molecule has 110 valence electrons. The number of halogens is 3. The first-order chi connectivity index (χ1) is 9.46. The van der Waals surface area contributed by atoms with Crippen molar-refractivity contribution in [3.05, 3.63) is 28.0 Å². The Morgan fingerprint density at radius 2 is 1.75 bits per heavy atom. The zero-order valence-electron chi connectivity index (χ0n) is 12.0. The Kier molecular flexibility index (Phi) is 4.88. The molecule has 5 heteroatoms. The number of rotatable bonds is 5. The van der Waals surface area contributed by atoms with Crippen LogP contribution in [0.15, 0.2) is 12.1 Å². The summed E-state index contributed by atoms with van der Waals surface area (Å²) in [5.74, 6) is 1.55. The molecule has 20 heavy (non-hydrogen) atoms. The highest BCUT2D eigenvalue weighted by molar-refractivity contribution is 6.42. The molecule has 0 N–H and O–H groups in total. The third kappa shape index (κ3) is 2.66. The fourth-order valence-corrected chi connectivity index (χ4v) is 3.03. The smallest absolute Gasteiger partial charge is 0.111 e. The Labute approximate surface area is 135 Å². The number of nitrogens with zero attached hydrogens (tertiary/aromatic N) is 2. The molecule has 2 aromatic rings. The number of hydrogen-bond acceptors (Lipinski definition) is 1. The van der Waals surface area contributed by atoms with Crippen molar-refractivity contribution in [3.63, 3.8) is 0 Å². The van der Waals surface area contributed by atoms with E-state index in [9.17, 15) is 0 Å². The molecule has 1 heterocycles. The molecule has 0 atom stereocenters. The fourth-order valence-electron chi connectivity index (χ4n) is 2.54. The molecular formula is C15H19Cl3N2. The topological polar surface area (TPSA) is 17.8 Å². The molecule has 0 unspecified atom stereocenters. The lowest BCUT2D eigenvalue weighted by atomic mass is 9.94. The van der Waals surface area contributed by atoms with Crippen molar-refractivity contribution in [2.45, 2.75) is 45.6 Å². The third-order valence-electron chi connectivity index (χ3n) is 4.15. The molecule has 0 radical (unpaired) electrons. The first-order valence-electron chi connectivity index (χ1n) is 6.89. The van der Waals surface area contributed by atoms with Crippen LogP contribution >= 0.6 is 34.8 Å². The van der Waals surface area contributed by atoms with E-state index < -0.39 is 0 Å². The maximum Gasteiger partial charge on any atom is 0.111 e. The average molecular weight is 334 g/mol. The minimum absolute atomic E-state index is 0.00724. The molecule has 0 fully saturated rings. The highest BCUT2D eigenvalue weighted by atomic mass is 35.5. The van der Waals surface area contributed by atoms with E-state index in [1.807, 2.05) is 12.1 Å². The van der Waals surface area contributed by atoms with Crippen LogP contribution < -0.4 is 0 Å². The van der Waals surface area contributed by atoms with E-state index in [0.29, 0.717) is 15.9 Å². The summed E-state index contributed by atoms with van der Waals surface area (Å²) >= 11 is 18.2. The van der Waals surface area contributed by atoms with E-state index in [1.165, 1.54) is 0 Å². The molecule has 0 bridgehead atoms. The van der Waals surface area contributed by atoms with Crippen molar-refractivity contribution in [1.82, 2.24) is 9.55 Å². The van der Waals surface area contributed by atoms with Gasteiger partial charge in [0.15, 0.2) is 0 Å². The standard InChI is InChI=1S/C15H19Cl3N2/c1-4-15(3,5-2)20-13-9-11(18)10(17)8-12(13)19-14(20)6-7-16/h8-9H,4-7H2,1-3H3. The number of hydrogen-bond donors (Lipinski definition) is 0. The lowest BCUT2D eigenvalue weighted by Crippen LogP contribution is -2.30. The second kappa shape index (κ2) is 6.13. The SMILES string of the molecule is CCC(C)(CC)n1c(CCCl)nc2cc(Cl)c(Cl)cc21. The van der Waals surface area contributed by atoms with Gasteiger partial charge in [0.2, 0.25) is 0 Å². The second-order valence-corrected chi connectivity index (χ2v) is 6.45. The minimum atomic E-state index is 0.00724. The number of alkyl halides is 1. The van der Waals surface area contributed by atoms with Crippen LogP contribution in [-0.4, -0.2) is 15.4 Å². The maximum atomic E-state index is 6.18. The van der Waals surface area contributed by atoms with E-state index in [-0.39, 0.29) is 5.54 Å². The Morgan fingerprint density at radius 1 is 1.15 bits per heavy atom. The van der Waals surface area contributed by atoms with Crippen LogP contribution in [-0.2, 0) is 12.0 Å². The largest absolute Gasteiger partial charge is 0.322 e. The second-order valence-electron chi connectivity index (χ2n) is 5.26. The number of aryl methyl sites for hydroxylation is 1. The summed E-state index contributed by atoms with van der Waals surface area (Å²) in [5, 5.41) is 1.10. The molecule has 0 saturated heterocycles.